The van der Waals surface area contributed by atoms with Crippen LogP contribution in [0.1, 0.15) is 82.0 Å². The third-order valence-electron chi connectivity index (χ3n) is 7.47. The van der Waals surface area contributed by atoms with E-state index in [0.29, 0.717) is 11.8 Å². The van der Waals surface area contributed by atoms with Gasteiger partial charge in [-0.3, -0.25) is 0 Å². The molecule has 6 rings (SSSR count). The Bertz CT molecular complexity index is 712. The summed E-state index contributed by atoms with van der Waals surface area (Å²) in [5.41, 5.74) is 12.6. The molecule has 0 nitrogen and oxygen atoms in total. The summed E-state index contributed by atoms with van der Waals surface area (Å²) in [5.74, 6) is 3.08. The highest BCUT2D eigenvalue weighted by Crippen LogP contribution is 2.62. The van der Waals surface area contributed by atoms with Gasteiger partial charge in [0.05, 0.1) is 0 Å². The maximum Gasteiger partial charge on any atom is 0.0127 e. The van der Waals surface area contributed by atoms with Gasteiger partial charge in [0.25, 0.3) is 0 Å². The van der Waals surface area contributed by atoms with E-state index in [1.807, 2.05) is 0 Å². The minimum Gasteiger partial charge on any atom is -0.0549 e. The fourth-order valence-electron chi connectivity index (χ4n) is 6.07. The Labute approximate surface area is 146 Å². The van der Waals surface area contributed by atoms with E-state index in [1.54, 1.807) is 22.3 Å². The lowest BCUT2D eigenvalue weighted by molar-refractivity contribution is 0.163. The molecule has 0 aromatic heterocycles. The molecule has 1 saturated carbocycles. The Kier molecular flexibility index (Phi) is 3.06. The fraction of sp³-hybridized carbons (Fsp3) is 0.500. The standard InChI is InChI=1S/C24H28/c1-13-9-19-20(10-14(13)2)24-18-8-6-5-7-17(18)23(19)21-11-15(3)16(4)12-22(21)24/h9-12,17-18,23-24H,5-8H2,1-4H3. The number of benzene rings is 2. The molecule has 2 aromatic rings. The van der Waals surface area contributed by atoms with Gasteiger partial charge in [-0.15, -0.1) is 0 Å². The van der Waals surface area contributed by atoms with E-state index in [2.05, 4.69) is 52.0 Å². The van der Waals surface area contributed by atoms with Crippen LogP contribution in [0.2, 0.25) is 0 Å². The largest absolute Gasteiger partial charge is 0.0549 e. The highest BCUT2D eigenvalue weighted by Gasteiger charge is 2.50. The van der Waals surface area contributed by atoms with Crippen molar-refractivity contribution in [3.05, 3.63) is 68.8 Å². The molecule has 0 saturated heterocycles. The highest BCUT2D eigenvalue weighted by molar-refractivity contribution is 5.60. The molecule has 0 N–H and O–H groups in total. The van der Waals surface area contributed by atoms with E-state index < -0.39 is 0 Å². The van der Waals surface area contributed by atoms with Gasteiger partial charge in [-0.1, -0.05) is 37.1 Å². The molecular formula is C24H28. The number of rotatable bonds is 0. The molecule has 2 unspecified atom stereocenters. The Balaban J connectivity index is 1.82. The highest BCUT2D eigenvalue weighted by atomic mass is 14.5. The number of hydrogen-bond donors (Lipinski definition) is 0. The van der Waals surface area contributed by atoms with Crippen LogP contribution in [0, 0.1) is 39.5 Å². The molecule has 0 spiro atoms. The van der Waals surface area contributed by atoms with Crippen molar-refractivity contribution in [2.75, 3.05) is 0 Å². The van der Waals surface area contributed by atoms with Gasteiger partial charge >= 0.3 is 0 Å². The van der Waals surface area contributed by atoms with Gasteiger partial charge in [0.2, 0.25) is 0 Å². The molecule has 0 amide bonds. The number of hydrogen-bond acceptors (Lipinski definition) is 0. The first-order valence-corrected chi connectivity index (χ1v) is 9.78. The molecule has 4 aliphatic carbocycles. The molecule has 24 heavy (non-hydrogen) atoms. The van der Waals surface area contributed by atoms with Crippen LogP contribution in [0.4, 0.5) is 0 Å². The Hall–Kier alpha value is -1.56. The van der Waals surface area contributed by atoms with Crippen molar-refractivity contribution in [1.29, 1.82) is 0 Å². The van der Waals surface area contributed by atoms with Crippen molar-refractivity contribution in [3.8, 4) is 0 Å². The minimum atomic E-state index is 0.656. The second kappa shape index (κ2) is 4.97. The molecule has 2 bridgehead atoms. The fourth-order valence-corrected chi connectivity index (χ4v) is 6.07. The molecule has 0 radical (unpaired) electrons. The van der Waals surface area contributed by atoms with Crippen LogP contribution in [0.3, 0.4) is 0 Å². The summed E-state index contributed by atoms with van der Waals surface area (Å²) in [6.45, 7) is 9.16. The summed E-state index contributed by atoms with van der Waals surface area (Å²) in [5, 5.41) is 0. The maximum atomic E-state index is 2.53. The Morgan fingerprint density at radius 3 is 1.12 bits per heavy atom. The first-order valence-electron chi connectivity index (χ1n) is 9.78. The predicted molar refractivity (Wildman–Crippen MR) is 101 cm³/mol. The molecule has 0 heterocycles. The summed E-state index contributed by atoms with van der Waals surface area (Å²) in [6, 6.07) is 10.1. The zero-order valence-corrected chi connectivity index (χ0v) is 15.4. The van der Waals surface area contributed by atoms with Gasteiger partial charge in [0, 0.05) is 11.8 Å². The average molecular weight is 316 g/mol. The van der Waals surface area contributed by atoms with Gasteiger partial charge in [-0.25, -0.2) is 0 Å². The van der Waals surface area contributed by atoms with Crippen LogP contribution < -0.4 is 0 Å². The van der Waals surface area contributed by atoms with Crippen LogP contribution in [-0.4, -0.2) is 0 Å². The third kappa shape index (κ3) is 1.80. The van der Waals surface area contributed by atoms with E-state index in [0.717, 1.165) is 11.8 Å². The zero-order chi connectivity index (χ0) is 16.6. The monoisotopic (exact) mass is 316 g/mol. The quantitative estimate of drug-likeness (QED) is 0.533. The van der Waals surface area contributed by atoms with Crippen LogP contribution in [-0.2, 0) is 0 Å². The summed E-state index contributed by atoms with van der Waals surface area (Å²) < 4.78 is 0. The van der Waals surface area contributed by atoms with E-state index in [4.69, 9.17) is 0 Å². The second-order valence-corrected chi connectivity index (χ2v) is 8.70. The summed E-state index contributed by atoms with van der Waals surface area (Å²) in [7, 11) is 0. The summed E-state index contributed by atoms with van der Waals surface area (Å²) >= 11 is 0. The van der Waals surface area contributed by atoms with Crippen LogP contribution >= 0.6 is 0 Å². The Morgan fingerprint density at radius 2 is 0.833 bits per heavy atom. The van der Waals surface area contributed by atoms with Crippen molar-refractivity contribution < 1.29 is 0 Å². The normalized spacial score (nSPS) is 29.8. The molecule has 1 fully saturated rings. The first-order chi connectivity index (χ1) is 11.6. The van der Waals surface area contributed by atoms with Gasteiger partial charge in [0.15, 0.2) is 0 Å². The molecule has 2 aromatic carbocycles. The van der Waals surface area contributed by atoms with Crippen LogP contribution in [0.15, 0.2) is 24.3 Å². The van der Waals surface area contributed by atoms with Gasteiger partial charge < -0.3 is 0 Å². The van der Waals surface area contributed by atoms with E-state index >= 15 is 0 Å². The predicted octanol–water partition coefficient (Wildman–Crippen LogP) is 6.32. The lowest BCUT2D eigenvalue weighted by Gasteiger charge is -2.53. The molecule has 4 aliphatic rings. The van der Waals surface area contributed by atoms with Crippen LogP contribution in [0.5, 0.6) is 0 Å². The molecule has 124 valence electrons. The maximum absolute atomic E-state index is 2.53. The molecular weight excluding hydrogens is 288 g/mol. The SMILES string of the molecule is Cc1cc2c(cc1C)C1c3cc(C)c(C)cc3C2C2CCCCC12. The second-order valence-electron chi connectivity index (χ2n) is 8.70. The van der Waals surface area contributed by atoms with Crippen molar-refractivity contribution in [2.24, 2.45) is 11.8 Å². The molecule has 0 heteroatoms. The van der Waals surface area contributed by atoms with Gasteiger partial charge in [-0.05, 0) is 96.9 Å². The van der Waals surface area contributed by atoms with Gasteiger partial charge in [-0.2, -0.15) is 0 Å². The number of aryl methyl sites for hydroxylation is 4. The molecule has 0 aliphatic heterocycles. The van der Waals surface area contributed by atoms with Crippen molar-refractivity contribution >= 4 is 0 Å². The first kappa shape index (κ1) is 14.8. The zero-order valence-electron chi connectivity index (χ0n) is 15.4. The van der Waals surface area contributed by atoms with E-state index in [-0.39, 0.29) is 0 Å². The summed E-state index contributed by atoms with van der Waals surface area (Å²) in [6.07, 6.45) is 5.74. The average Bonchev–Trinajstić information content (AvgIpc) is 2.57. The topological polar surface area (TPSA) is 0 Å². The third-order valence-corrected chi connectivity index (χ3v) is 7.47. The van der Waals surface area contributed by atoms with Crippen LogP contribution in [0.25, 0.3) is 0 Å². The lowest BCUT2D eigenvalue weighted by atomic mass is 9.50. The lowest BCUT2D eigenvalue weighted by Crippen LogP contribution is -2.41. The van der Waals surface area contributed by atoms with Crippen molar-refractivity contribution in [1.82, 2.24) is 0 Å². The smallest absolute Gasteiger partial charge is 0.0127 e. The van der Waals surface area contributed by atoms with Crippen molar-refractivity contribution in [3.63, 3.8) is 0 Å². The van der Waals surface area contributed by atoms with Crippen molar-refractivity contribution in [2.45, 2.75) is 65.2 Å². The summed E-state index contributed by atoms with van der Waals surface area (Å²) in [4.78, 5) is 0. The van der Waals surface area contributed by atoms with E-state index in [1.165, 1.54) is 47.9 Å². The van der Waals surface area contributed by atoms with Gasteiger partial charge in [0.1, 0.15) is 0 Å². The van der Waals surface area contributed by atoms with E-state index in [9.17, 15) is 0 Å². The Morgan fingerprint density at radius 1 is 0.542 bits per heavy atom. The molecule has 2 atom stereocenters. The minimum absolute atomic E-state index is 0.656.